The van der Waals surface area contributed by atoms with E-state index in [-0.39, 0.29) is 6.04 Å². The van der Waals surface area contributed by atoms with Crippen molar-refractivity contribution in [1.29, 1.82) is 0 Å². The molecule has 0 fully saturated rings. The molecule has 1 unspecified atom stereocenters. The number of benzene rings is 1. The molecule has 0 radical (unpaired) electrons. The minimum Gasteiger partial charge on any atom is -0.492 e. The van der Waals surface area contributed by atoms with Gasteiger partial charge in [0.25, 0.3) is 0 Å². The second-order valence-corrected chi connectivity index (χ2v) is 5.38. The minimum absolute atomic E-state index is 0.165. The number of rotatable bonds is 4. The Morgan fingerprint density at radius 2 is 2.25 bits per heavy atom. The normalized spacial score (nSPS) is 17.6. The molecule has 5 nitrogen and oxygen atoms in total. The molecule has 0 aliphatic carbocycles. The van der Waals surface area contributed by atoms with Crippen LogP contribution >= 0.6 is 23.2 Å². The molecule has 1 aromatic carbocycles. The topological polar surface area (TPSA) is 60.2 Å². The van der Waals surface area contributed by atoms with E-state index in [4.69, 9.17) is 32.5 Å². The smallest absolute Gasteiger partial charge is 0.227 e. The predicted molar refractivity (Wildman–Crippen MR) is 75.3 cm³/mol. The molecule has 1 atom stereocenters. The van der Waals surface area contributed by atoms with Crippen molar-refractivity contribution >= 4 is 23.2 Å². The summed E-state index contributed by atoms with van der Waals surface area (Å²) in [6.07, 6.45) is 2.95. The lowest BCUT2D eigenvalue weighted by molar-refractivity contribution is 0.252. The highest BCUT2D eigenvalue weighted by atomic mass is 35.5. The number of aromatic nitrogens is 2. The van der Waals surface area contributed by atoms with E-state index in [0.717, 1.165) is 24.3 Å². The summed E-state index contributed by atoms with van der Waals surface area (Å²) in [5.74, 6) is 1.34. The second kappa shape index (κ2) is 5.99. The van der Waals surface area contributed by atoms with E-state index < -0.39 is 0 Å². The average molecular weight is 314 g/mol. The third-order valence-corrected chi connectivity index (χ3v) is 3.70. The lowest BCUT2D eigenvalue weighted by atomic mass is 10.0. The van der Waals surface area contributed by atoms with Crippen molar-refractivity contribution in [2.45, 2.75) is 18.9 Å². The van der Waals surface area contributed by atoms with E-state index in [9.17, 15) is 0 Å². The first-order valence-electron chi connectivity index (χ1n) is 6.34. The van der Waals surface area contributed by atoms with Crippen LogP contribution in [0.1, 0.15) is 23.9 Å². The van der Waals surface area contributed by atoms with E-state index in [0.29, 0.717) is 29.0 Å². The van der Waals surface area contributed by atoms with Crippen molar-refractivity contribution in [3.05, 3.63) is 40.0 Å². The van der Waals surface area contributed by atoms with Crippen molar-refractivity contribution < 1.29 is 9.26 Å². The Bertz CT molecular complexity index is 590. The van der Waals surface area contributed by atoms with Gasteiger partial charge in [-0.3, -0.25) is 0 Å². The summed E-state index contributed by atoms with van der Waals surface area (Å²) in [5.41, 5.74) is 0.999. The van der Waals surface area contributed by atoms with Crippen LogP contribution in [0.4, 0.5) is 0 Å². The maximum Gasteiger partial charge on any atom is 0.227 e. The fourth-order valence-electron chi connectivity index (χ4n) is 2.30. The highest BCUT2D eigenvalue weighted by molar-refractivity contribution is 6.35. The number of fused-ring (bicyclic) bond motifs is 1. The van der Waals surface area contributed by atoms with Crippen LogP contribution in [-0.4, -0.2) is 23.3 Å². The van der Waals surface area contributed by atoms with Gasteiger partial charge in [0.05, 0.1) is 11.6 Å². The molecule has 0 amide bonds. The van der Waals surface area contributed by atoms with Crippen molar-refractivity contribution in [3.8, 4) is 5.75 Å². The largest absolute Gasteiger partial charge is 0.492 e. The number of nitrogens with zero attached hydrogens (tertiary/aromatic N) is 2. The highest BCUT2D eigenvalue weighted by Gasteiger charge is 2.23. The number of ether oxygens (including phenoxy) is 1. The van der Waals surface area contributed by atoms with Crippen LogP contribution in [0.15, 0.2) is 23.0 Å². The maximum atomic E-state index is 6.16. The van der Waals surface area contributed by atoms with Gasteiger partial charge in [0, 0.05) is 36.0 Å². The van der Waals surface area contributed by atoms with Gasteiger partial charge in [0.1, 0.15) is 5.75 Å². The van der Waals surface area contributed by atoms with Crippen LogP contribution in [0.5, 0.6) is 5.75 Å². The molecule has 3 rings (SSSR count). The first-order chi connectivity index (χ1) is 9.74. The summed E-state index contributed by atoms with van der Waals surface area (Å²) in [4.78, 5) is 3.99. The number of hydrogen-bond acceptors (Lipinski definition) is 5. The van der Waals surface area contributed by atoms with Gasteiger partial charge in [-0.25, -0.2) is 0 Å². The van der Waals surface area contributed by atoms with Crippen LogP contribution in [0.25, 0.3) is 0 Å². The summed E-state index contributed by atoms with van der Waals surface area (Å²) in [5, 5.41) is 8.19. The quantitative estimate of drug-likeness (QED) is 0.940. The Morgan fingerprint density at radius 1 is 1.35 bits per heavy atom. The molecule has 7 heteroatoms. The molecule has 1 aliphatic heterocycles. The van der Waals surface area contributed by atoms with E-state index in [1.54, 1.807) is 6.07 Å². The molecule has 0 spiro atoms. The number of halogens is 2. The average Bonchev–Trinajstić information content (AvgIpc) is 2.92. The van der Waals surface area contributed by atoms with Crippen molar-refractivity contribution in [2.75, 3.05) is 13.2 Å². The van der Waals surface area contributed by atoms with Crippen LogP contribution in [0.3, 0.4) is 0 Å². The third kappa shape index (κ3) is 2.90. The van der Waals surface area contributed by atoms with Gasteiger partial charge in [0.2, 0.25) is 5.89 Å². The predicted octanol–water partition coefficient (Wildman–Crippen LogP) is 3.03. The molecule has 20 heavy (non-hydrogen) atoms. The molecule has 1 N–H and O–H groups in total. The summed E-state index contributed by atoms with van der Waals surface area (Å²) in [6.45, 7) is 1.36. The molecule has 2 heterocycles. The SMILES string of the molecule is Clc1cc(Cl)c2c(c1)C(NCCc1ncno1)CCO2. The Labute approximate surface area is 126 Å². The van der Waals surface area contributed by atoms with Crippen molar-refractivity contribution in [3.63, 3.8) is 0 Å². The zero-order valence-corrected chi connectivity index (χ0v) is 12.1. The molecular formula is C13H13Cl2N3O2. The summed E-state index contributed by atoms with van der Waals surface area (Å²) >= 11 is 12.2. The molecule has 0 saturated heterocycles. The fraction of sp³-hybridized carbons (Fsp3) is 0.385. The van der Waals surface area contributed by atoms with Crippen LogP contribution in [0.2, 0.25) is 10.0 Å². The van der Waals surface area contributed by atoms with Crippen LogP contribution < -0.4 is 10.1 Å². The van der Waals surface area contributed by atoms with Gasteiger partial charge in [-0.1, -0.05) is 28.4 Å². The van der Waals surface area contributed by atoms with Gasteiger partial charge in [-0.05, 0) is 12.1 Å². The zero-order valence-electron chi connectivity index (χ0n) is 10.6. The Hall–Kier alpha value is -1.30. The first-order valence-corrected chi connectivity index (χ1v) is 7.10. The second-order valence-electron chi connectivity index (χ2n) is 4.53. The van der Waals surface area contributed by atoms with Gasteiger partial charge in [0.15, 0.2) is 6.33 Å². The van der Waals surface area contributed by atoms with Crippen molar-refractivity contribution in [1.82, 2.24) is 15.5 Å². The summed E-state index contributed by atoms with van der Waals surface area (Å²) < 4.78 is 10.6. The first kappa shape index (κ1) is 13.7. The lowest BCUT2D eigenvalue weighted by Crippen LogP contribution is -2.28. The standard InChI is InChI=1S/C13H13Cl2N3O2/c14-8-5-9-11(2-4-19-13(9)10(15)6-8)16-3-1-12-17-7-18-20-12/h5-7,11,16H,1-4H2. The number of nitrogens with one attached hydrogen (secondary N) is 1. The molecular weight excluding hydrogens is 301 g/mol. The molecule has 0 saturated carbocycles. The van der Waals surface area contributed by atoms with Crippen LogP contribution in [-0.2, 0) is 6.42 Å². The Balaban J connectivity index is 1.70. The third-order valence-electron chi connectivity index (χ3n) is 3.20. The van der Waals surface area contributed by atoms with Gasteiger partial charge in [-0.2, -0.15) is 4.98 Å². The zero-order chi connectivity index (χ0) is 13.9. The lowest BCUT2D eigenvalue weighted by Gasteiger charge is -2.27. The van der Waals surface area contributed by atoms with E-state index in [2.05, 4.69) is 15.5 Å². The highest BCUT2D eigenvalue weighted by Crippen LogP contribution is 2.39. The van der Waals surface area contributed by atoms with Gasteiger partial charge >= 0.3 is 0 Å². The van der Waals surface area contributed by atoms with E-state index in [1.807, 2.05) is 6.07 Å². The van der Waals surface area contributed by atoms with E-state index >= 15 is 0 Å². The van der Waals surface area contributed by atoms with Crippen LogP contribution in [0, 0.1) is 0 Å². The van der Waals surface area contributed by atoms with Crippen molar-refractivity contribution in [2.24, 2.45) is 0 Å². The fourth-order valence-corrected chi connectivity index (χ4v) is 2.86. The summed E-state index contributed by atoms with van der Waals surface area (Å²) in [7, 11) is 0. The van der Waals surface area contributed by atoms with Gasteiger partial charge in [-0.15, -0.1) is 0 Å². The maximum absolute atomic E-state index is 6.16. The Kier molecular flexibility index (Phi) is 4.10. The molecule has 0 bridgehead atoms. The van der Waals surface area contributed by atoms with Gasteiger partial charge < -0.3 is 14.6 Å². The molecule has 2 aromatic rings. The molecule has 106 valence electrons. The molecule has 1 aromatic heterocycles. The summed E-state index contributed by atoms with van der Waals surface area (Å²) in [6, 6.07) is 3.76. The monoisotopic (exact) mass is 313 g/mol. The Morgan fingerprint density at radius 3 is 3.05 bits per heavy atom. The van der Waals surface area contributed by atoms with E-state index in [1.165, 1.54) is 6.33 Å². The minimum atomic E-state index is 0.165. The molecule has 1 aliphatic rings. The number of hydrogen-bond donors (Lipinski definition) is 1.